The summed E-state index contributed by atoms with van der Waals surface area (Å²) in [6, 6.07) is 0. The van der Waals surface area contributed by atoms with Gasteiger partial charge in [0.1, 0.15) is 0 Å². The van der Waals surface area contributed by atoms with E-state index in [0.29, 0.717) is 5.88 Å². The van der Waals surface area contributed by atoms with E-state index in [-0.39, 0.29) is 6.61 Å². The number of alkyl halides is 1. The smallest absolute Gasteiger partial charge is 0.0809 e. The second kappa shape index (κ2) is 6.85. The van der Waals surface area contributed by atoms with Gasteiger partial charge in [-0.25, -0.2) is 0 Å². The summed E-state index contributed by atoms with van der Waals surface area (Å²) in [7, 11) is 0. The van der Waals surface area contributed by atoms with Gasteiger partial charge < -0.3 is 5.11 Å². The first-order valence-corrected chi connectivity index (χ1v) is 6.49. The van der Waals surface area contributed by atoms with Crippen LogP contribution in [0.15, 0.2) is 0 Å². The molecule has 0 atom stereocenters. The van der Waals surface area contributed by atoms with Crippen LogP contribution in [0.25, 0.3) is 0 Å². The third-order valence-electron chi connectivity index (χ3n) is 1.76. The highest BCUT2D eigenvalue weighted by Gasteiger charge is 1.98. The third-order valence-corrected chi connectivity index (χ3v) is 3.81. The van der Waals surface area contributed by atoms with Crippen LogP contribution >= 0.6 is 34.7 Å². The van der Waals surface area contributed by atoms with Crippen molar-refractivity contribution in [2.75, 3.05) is 0 Å². The molecule has 2 heterocycles. The van der Waals surface area contributed by atoms with Crippen LogP contribution in [0.1, 0.15) is 21.1 Å². The summed E-state index contributed by atoms with van der Waals surface area (Å²) in [4.78, 5) is 1.91. The maximum atomic E-state index is 8.54. The largest absolute Gasteiger partial charge is 0.391 e. The van der Waals surface area contributed by atoms with Crippen LogP contribution < -0.4 is 0 Å². The van der Waals surface area contributed by atoms with Crippen LogP contribution in [0.3, 0.4) is 0 Å². The summed E-state index contributed by atoms with van der Waals surface area (Å²) < 4.78 is 7.32. The Kier molecular flexibility index (Phi) is 5.75. The number of halogens is 1. The molecule has 88 valence electrons. The van der Waals surface area contributed by atoms with Crippen molar-refractivity contribution in [3.05, 3.63) is 21.1 Å². The molecule has 0 radical (unpaired) electrons. The molecule has 5 nitrogen and oxygen atoms in total. The van der Waals surface area contributed by atoms with Gasteiger partial charge in [-0.3, -0.25) is 0 Å². The van der Waals surface area contributed by atoms with E-state index < -0.39 is 0 Å². The van der Waals surface area contributed by atoms with Crippen LogP contribution in [0.2, 0.25) is 0 Å². The molecule has 0 spiro atoms. The molecule has 0 unspecified atom stereocenters. The first-order chi connectivity index (χ1) is 7.69. The van der Waals surface area contributed by atoms with Gasteiger partial charge in [-0.2, -0.15) is 0 Å². The van der Waals surface area contributed by atoms with Gasteiger partial charge in [0, 0.05) is 0 Å². The van der Waals surface area contributed by atoms with Crippen molar-refractivity contribution in [3.63, 3.8) is 0 Å². The van der Waals surface area contributed by atoms with Crippen molar-refractivity contribution < 1.29 is 5.11 Å². The first kappa shape index (κ1) is 13.4. The minimum Gasteiger partial charge on any atom is -0.391 e. The van der Waals surface area contributed by atoms with Crippen molar-refractivity contribution in [1.29, 1.82) is 0 Å². The van der Waals surface area contributed by atoms with Crippen LogP contribution in [0, 0.1) is 13.8 Å². The Morgan fingerprint density at radius 2 is 1.56 bits per heavy atom. The Labute approximate surface area is 106 Å². The molecule has 0 saturated heterocycles. The zero-order chi connectivity index (χ0) is 12.0. The number of rotatable bonds is 2. The lowest BCUT2D eigenvalue weighted by atomic mass is 10.4. The normalized spacial score (nSPS) is 9.75. The Hall–Kier alpha value is -0.630. The summed E-state index contributed by atoms with van der Waals surface area (Å²) in [5, 5.41) is 16.0. The number of nitrogens with zero attached hydrogens (tertiary/aromatic N) is 4. The molecular formula is C8H11ClN4OS2. The van der Waals surface area contributed by atoms with E-state index in [9.17, 15) is 0 Å². The minimum atomic E-state index is 0.0590. The van der Waals surface area contributed by atoms with Gasteiger partial charge in [-0.15, -0.1) is 21.8 Å². The molecule has 2 rings (SSSR count). The highest BCUT2D eigenvalue weighted by atomic mass is 35.5. The van der Waals surface area contributed by atoms with Gasteiger partial charge in [0.05, 0.1) is 33.6 Å². The maximum Gasteiger partial charge on any atom is 0.0809 e. The Bertz CT molecular complexity index is 391. The van der Waals surface area contributed by atoms with Crippen molar-refractivity contribution in [2.24, 2.45) is 0 Å². The van der Waals surface area contributed by atoms with E-state index in [1.165, 1.54) is 23.1 Å². The fourth-order valence-corrected chi connectivity index (χ4v) is 2.09. The van der Waals surface area contributed by atoms with Crippen LogP contribution in [-0.2, 0) is 12.5 Å². The zero-order valence-electron chi connectivity index (χ0n) is 8.84. The highest BCUT2D eigenvalue weighted by Crippen LogP contribution is 2.10. The second-order valence-electron chi connectivity index (χ2n) is 2.85. The number of hydrogen-bond donors (Lipinski definition) is 1. The molecule has 1 N–H and O–H groups in total. The molecule has 0 saturated carbocycles. The average Bonchev–Trinajstić information content (AvgIpc) is 2.87. The molecular weight excluding hydrogens is 268 g/mol. The number of aromatic nitrogens is 4. The van der Waals surface area contributed by atoms with E-state index in [1.54, 1.807) is 0 Å². The fourth-order valence-electron chi connectivity index (χ4n) is 0.770. The molecule has 0 aromatic carbocycles. The topological polar surface area (TPSA) is 71.8 Å². The lowest BCUT2D eigenvalue weighted by Gasteiger charge is -1.82. The molecule has 0 bridgehead atoms. The van der Waals surface area contributed by atoms with Gasteiger partial charge >= 0.3 is 0 Å². The molecule has 8 heteroatoms. The molecule has 2 aromatic rings. The van der Waals surface area contributed by atoms with Crippen LogP contribution in [0.4, 0.5) is 0 Å². The summed E-state index contributed by atoms with van der Waals surface area (Å²) in [5.41, 5.74) is 1.78. The molecule has 2 aromatic heterocycles. The van der Waals surface area contributed by atoms with E-state index in [4.69, 9.17) is 16.7 Å². The quantitative estimate of drug-likeness (QED) is 0.850. The van der Waals surface area contributed by atoms with Crippen molar-refractivity contribution in [2.45, 2.75) is 26.3 Å². The van der Waals surface area contributed by atoms with E-state index in [2.05, 4.69) is 19.2 Å². The predicted octanol–water partition coefficient (Wildman–Crippen LogP) is 1.92. The average molecular weight is 279 g/mol. The fraction of sp³-hybridized carbons (Fsp3) is 0.500. The lowest BCUT2D eigenvalue weighted by molar-refractivity contribution is 0.284. The summed E-state index contributed by atoms with van der Waals surface area (Å²) in [6.07, 6.45) is 0. The van der Waals surface area contributed by atoms with Gasteiger partial charge in [0.2, 0.25) is 0 Å². The Balaban J connectivity index is 0.000000160. The SMILES string of the molecule is Cc1nnsc1CCl.Cc1nnsc1CO. The zero-order valence-corrected chi connectivity index (χ0v) is 11.2. The summed E-state index contributed by atoms with van der Waals surface area (Å²) >= 11 is 8.10. The molecule has 0 fully saturated rings. The first-order valence-electron chi connectivity index (χ1n) is 4.41. The Morgan fingerprint density at radius 3 is 1.75 bits per heavy atom. The second-order valence-corrected chi connectivity index (χ2v) is 4.80. The monoisotopic (exact) mass is 278 g/mol. The predicted molar refractivity (Wildman–Crippen MR) is 64.8 cm³/mol. The van der Waals surface area contributed by atoms with Gasteiger partial charge in [-0.1, -0.05) is 8.98 Å². The molecule has 0 amide bonds. The lowest BCUT2D eigenvalue weighted by Crippen LogP contribution is -1.79. The highest BCUT2D eigenvalue weighted by molar-refractivity contribution is 7.06. The number of aryl methyl sites for hydroxylation is 2. The standard InChI is InChI=1S/C4H5ClN2S.C4H6N2OS/c1-3-4(2-5)8-7-6-3;1-3-4(2-7)8-6-5-3/h2H2,1H3;7H,2H2,1H3. The summed E-state index contributed by atoms with van der Waals surface area (Å²) in [5.74, 6) is 0.531. The van der Waals surface area contributed by atoms with Gasteiger partial charge in [0.15, 0.2) is 0 Å². The van der Waals surface area contributed by atoms with Crippen LogP contribution in [0.5, 0.6) is 0 Å². The molecule has 0 aliphatic rings. The van der Waals surface area contributed by atoms with Gasteiger partial charge in [-0.05, 0) is 36.9 Å². The number of hydrogen-bond acceptors (Lipinski definition) is 7. The minimum absolute atomic E-state index is 0.0590. The maximum absolute atomic E-state index is 8.54. The van der Waals surface area contributed by atoms with Gasteiger partial charge in [0.25, 0.3) is 0 Å². The molecule has 0 aliphatic heterocycles. The van der Waals surface area contributed by atoms with Crippen molar-refractivity contribution in [3.8, 4) is 0 Å². The Morgan fingerprint density at radius 1 is 1.06 bits per heavy atom. The van der Waals surface area contributed by atoms with Crippen LogP contribution in [-0.4, -0.2) is 24.3 Å². The van der Waals surface area contributed by atoms with Crippen molar-refractivity contribution in [1.82, 2.24) is 19.2 Å². The van der Waals surface area contributed by atoms with E-state index in [0.717, 1.165) is 21.1 Å². The third kappa shape index (κ3) is 3.75. The number of aliphatic hydroxyl groups excluding tert-OH is 1. The number of aliphatic hydroxyl groups is 1. The van der Waals surface area contributed by atoms with Crippen molar-refractivity contribution >= 4 is 34.7 Å². The molecule has 0 aliphatic carbocycles. The van der Waals surface area contributed by atoms with E-state index >= 15 is 0 Å². The molecule has 16 heavy (non-hydrogen) atoms. The summed E-state index contributed by atoms with van der Waals surface area (Å²) in [6.45, 7) is 3.79. The van der Waals surface area contributed by atoms with E-state index in [1.807, 2.05) is 13.8 Å².